The molecule has 8 heteroatoms. The molecule has 0 aromatic carbocycles. The number of nitrogens with one attached hydrogen (secondary N) is 1. The van der Waals surface area contributed by atoms with Gasteiger partial charge in [-0.2, -0.15) is 5.10 Å². The summed E-state index contributed by atoms with van der Waals surface area (Å²) in [5, 5.41) is 15.0. The lowest BCUT2D eigenvalue weighted by Crippen LogP contribution is -2.24. The van der Waals surface area contributed by atoms with Crippen molar-refractivity contribution in [2.24, 2.45) is 0 Å². The molecule has 20 heavy (non-hydrogen) atoms. The SMILES string of the molecule is Cc1nn(CCO)c(C)c1S(=O)(=O)NCc1cccs1. The molecular formula is C12H17N3O3S2. The zero-order chi connectivity index (χ0) is 14.8. The number of aromatic nitrogens is 2. The fourth-order valence-corrected chi connectivity index (χ4v) is 4.18. The molecule has 0 fully saturated rings. The number of sulfonamides is 1. The molecule has 0 bridgehead atoms. The average Bonchev–Trinajstić information content (AvgIpc) is 2.97. The van der Waals surface area contributed by atoms with Crippen molar-refractivity contribution < 1.29 is 13.5 Å². The fourth-order valence-electron chi connectivity index (χ4n) is 2.03. The van der Waals surface area contributed by atoms with Crippen LogP contribution >= 0.6 is 11.3 Å². The summed E-state index contributed by atoms with van der Waals surface area (Å²) in [7, 11) is -3.60. The maximum absolute atomic E-state index is 12.4. The number of rotatable bonds is 6. The number of aryl methyl sites for hydroxylation is 1. The molecule has 0 amide bonds. The van der Waals surface area contributed by atoms with Crippen LogP contribution in [0.25, 0.3) is 0 Å². The van der Waals surface area contributed by atoms with Crippen LogP contribution < -0.4 is 4.72 Å². The first-order chi connectivity index (χ1) is 9.45. The molecule has 0 atom stereocenters. The van der Waals surface area contributed by atoms with E-state index in [4.69, 9.17) is 5.11 Å². The molecule has 2 N–H and O–H groups in total. The Labute approximate surface area is 122 Å². The first kappa shape index (κ1) is 15.2. The van der Waals surface area contributed by atoms with Gasteiger partial charge in [-0.25, -0.2) is 13.1 Å². The average molecular weight is 315 g/mol. The van der Waals surface area contributed by atoms with Gasteiger partial charge in [-0.3, -0.25) is 4.68 Å². The first-order valence-electron chi connectivity index (χ1n) is 6.12. The van der Waals surface area contributed by atoms with E-state index in [1.807, 2.05) is 17.5 Å². The van der Waals surface area contributed by atoms with Crippen molar-refractivity contribution in [1.29, 1.82) is 0 Å². The molecule has 0 aliphatic heterocycles. The zero-order valence-corrected chi connectivity index (χ0v) is 13.0. The van der Waals surface area contributed by atoms with Crippen LogP contribution in [0.1, 0.15) is 16.3 Å². The van der Waals surface area contributed by atoms with Crippen molar-refractivity contribution in [1.82, 2.24) is 14.5 Å². The van der Waals surface area contributed by atoms with E-state index < -0.39 is 10.0 Å². The van der Waals surface area contributed by atoms with Gasteiger partial charge in [-0.1, -0.05) is 6.07 Å². The van der Waals surface area contributed by atoms with Crippen LogP contribution in [0.2, 0.25) is 0 Å². The predicted octanol–water partition coefficient (Wildman–Crippen LogP) is 1.03. The highest BCUT2D eigenvalue weighted by Crippen LogP contribution is 2.20. The standard InChI is InChI=1S/C12H17N3O3S2/c1-9-12(10(2)15(14-9)5-6-16)20(17,18)13-8-11-4-3-7-19-11/h3-4,7,13,16H,5-6,8H2,1-2H3. The number of thiophene rings is 1. The second-order valence-corrected chi connectivity index (χ2v) is 7.09. The van der Waals surface area contributed by atoms with E-state index >= 15 is 0 Å². The summed E-state index contributed by atoms with van der Waals surface area (Å²) in [5.74, 6) is 0. The Morgan fingerprint density at radius 1 is 1.45 bits per heavy atom. The third kappa shape index (κ3) is 3.09. The Hall–Kier alpha value is -1.22. The van der Waals surface area contributed by atoms with Crippen LogP contribution in [-0.4, -0.2) is 29.9 Å². The first-order valence-corrected chi connectivity index (χ1v) is 8.49. The van der Waals surface area contributed by atoms with E-state index in [1.54, 1.807) is 13.8 Å². The molecule has 0 aliphatic carbocycles. The highest BCUT2D eigenvalue weighted by molar-refractivity contribution is 7.89. The van der Waals surface area contributed by atoms with Crippen molar-refractivity contribution in [2.75, 3.05) is 6.61 Å². The summed E-state index contributed by atoms with van der Waals surface area (Å²) in [6.45, 7) is 3.82. The molecule has 0 saturated carbocycles. The van der Waals surface area contributed by atoms with Gasteiger partial charge in [0, 0.05) is 11.4 Å². The van der Waals surface area contributed by atoms with Gasteiger partial charge in [0.1, 0.15) is 4.90 Å². The summed E-state index contributed by atoms with van der Waals surface area (Å²) >= 11 is 1.50. The van der Waals surface area contributed by atoms with Crippen LogP contribution in [-0.2, 0) is 23.1 Å². The summed E-state index contributed by atoms with van der Waals surface area (Å²) in [4.78, 5) is 1.15. The van der Waals surface area contributed by atoms with Gasteiger partial charge in [0.15, 0.2) is 0 Å². The monoisotopic (exact) mass is 315 g/mol. The molecule has 0 unspecified atom stereocenters. The summed E-state index contributed by atoms with van der Waals surface area (Å²) in [6, 6.07) is 3.76. The van der Waals surface area contributed by atoms with Crippen LogP contribution in [0.15, 0.2) is 22.4 Å². The molecule has 110 valence electrons. The molecule has 0 saturated heterocycles. The van der Waals surface area contributed by atoms with Crippen LogP contribution in [0.3, 0.4) is 0 Å². The number of hydrogen-bond acceptors (Lipinski definition) is 5. The minimum atomic E-state index is -3.60. The van der Waals surface area contributed by atoms with Crippen molar-refractivity contribution in [3.05, 3.63) is 33.8 Å². The Bertz CT molecular complexity index is 675. The minimum Gasteiger partial charge on any atom is -0.394 e. The van der Waals surface area contributed by atoms with Crippen molar-refractivity contribution in [3.8, 4) is 0 Å². The molecule has 0 spiro atoms. The third-order valence-electron chi connectivity index (χ3n) is 2.91. The predicted molar refractivity (Wildman–Crippen MR) is 77.1 cm³/mol. The Morgan fingerprint density at radius 2 is 2.20 bits per heavy atom. The van der Waals surface area contributed by atoms with Gasteiger partial charge < -0.3 is 5.11 Å². The van der Waals surface area contributed by atoms with Gasteiger partial charge in [-0.15, -0.1) is 11.3 Å². The molecule has 2 aromatic rings. The van der Waals surface area contributed by atoms with Crippen molar-refractivity contribution >= 4 is 21.4 Å². The number of aliphatic hydroxyl groups excluding tert-OH is 1. The van der Waals surface area contributed by atoms with Crippen molar-refractivity contribution in [3.63, 3.8) is 0 Å². The molecule has 2 aromatic heterocycles. The van der Waals surface area contributed by atoms with Gasteiger partial charge in [0.25, 0.3) is 0 Å². The van der Waals surface area contributed by atoms with E-state index in [0.29, 0.717) is 11.4 Å². The van der Waals surface area contributed by atoms with E-state index in [1.165, 1.54) is 16.0 Å². The van der Waals surface area contributed by atoms with Gasteiger partial charge >= 0.3 is 0 Å². The molecule has 2 rings (SSSR count). The fraction of sp³-hybridized carbons (Fsp3) is 0.417. The lowest BCUT2D eigenvalue weighted by molar-refractivity contribution is 0.267. The summed E-state index contributed by atoms with van der Waals surface area (Å²) in [5.41, 5.74) is 0.977. The molecule has 0 aliphatic rings. The molecule has 2 heterocycles. The molecular weight excluding hydrogens is 298 g/mol. The summed E-state index contributed by atoms with van der Waals surface area (Å²) in [6.07, 6.45) is 0. The van der Waals surface area contributed by atoms with Crippen LogP contribution in [0.5, 0.6) is 0 Å². The van der Waals surface area contributed by atoms with E-state index in [9.17, 15) is 8.42 Å². The molecule has 6 nitrogen and oxygen atoms in total. The number of nitrogens with zero attached hydrogens (tertiary/aromatic N) is 2. The quantitative estimate of drug-likeness (QED) is 0.834. The molecule has 0 radical (unpaired) electrons. The second-order valence-electron chi connectivity index (χ2n) is 4.35. The Balaban J connectivity index is 2.25. The normalized spacial score (nSPS) is 11.9. The second kappa shape index (κ2) is 6.04. The number of aliphatic hydroxyl groups is 1. The van der Waals surface area contributed by atoms with Gasteiger partial charge in [0.2, 0.25) is 10.0 Å². The van der Waals surface area contributed by atoms with Gasteiger partial charge in [0.05, 0.1) is 24.5 Å². The lowest BCUT2D eigenvalue weighted by Gasteiger charge is -2.06. The smallest absolute Gasteiger partial charge is 0.244 e. The lowest BCUT2D eigenvalue weighted by atomic mass is 10.4. The van der Waals surface area contributed by atoms with E-state index in [0.717, 1.165) is 4.88 Å². The van der Waals surface area contributed by atoms with Crippen molar-refractivity contribution in [2.45, 2.75) is 31.8 Å². The van der Waals surface area contributed by atoms with E-state index in [2.05, 4.69) is 9.82 Å². The highest BCUT2D eigenvalue weighted by Gasteiger charge is 2.24. The Morgan fingerprint density at radius 3 is 2.80 bits per heavy atom. The summed E-state index contributed by atoms with van der Waals surface area (Å²) < 4.78 is 28.8. The van der Waals surface area contributed by atoms with Gasteiger partial charge in [-0.05, 0) is 25.3 Å². The maximum atomic E-state index is 12.4. The van der Waals surface area contributed by atoms with Crippen LogP contribution in [0, 0.1) is 13.8 Å². The highest BCUT2D eigenvalue weighted by atomic mass is 32.2. The Kier molecular flexibility index (Phi) is 4.59. The minimum absolute atomic E-state index is 0.0793. The zero-order valence-electron chi connectivity index (χ0n) is 11.3. The third-order valence-corrected chi connectivity index (χ3v) is 5.44. The van der Waals surface area contributed by atoms with Crippen LogP contribution in [0.4, 0.5) is 0 Å². The largest absolute Gasteiger partial charge is 0.394 e. The maximum Gasteiger partial charge on any atom is 0.244 e. The van der Waals surface area contributed by atoms with E-state index in [-0.39, 0.29) is 24.6 Å². The number of hydrogen-bond donors (Lipinski definition) is 2. The topological polar surface area (TPSA) is 84.2 Å².